The molecule has 1 aliphatic heterocycles. The summed E-state index contributed by atoms with van der Waals surface area (Å²) in [6.45, 7) is 0.527. The van der Waals surface area contributed by atoms with Crippen LogP contribution in [-0.4, -0.2) is 76.1 Å². The molecule has 12 nitrogen and oxygen atoms in total. The van der Waals surface area contributed by atoms with E-state index in [1.165, 1.54) is 14.0 Å². The lowest BCUT2D eigenvalue weighted by atomic mass is 10.1. The minimum Gasteiger partial charge on any atom is -0.436 e. The fraction of sp³-hybridized carbons (Fsp3) is 0.357. The molecule has 1 fully saturated rings. The Bertz CT molecular complexity index is 1510. The summed E-state index contributed by atoms with van der Waals surface area (Å²) in [4.78, 5) is 42.2. The lowest BCUT2D eigenvalue weighted by Gasteiger charge is -2.26. The van der Waals surface area contributed by atoms with E-state index in [4.69, 9.17) is 19.9 Å². The number of hydrogen-bond acceptors (Lipinski definition) is 9. The Morgan fingerprint density at radius 1 is 1.17 bits per heavy atom. The first kappa shape index (κ1) is 29.1. The van der Waals surface area contributed by atoms with Gasteiger partial charge in [-0.15, -0.1) is 0 Å². The Kier molecular flexibility index (Phi) is 7.95. The van der Waals surface area contributed by atoms with Crippen LogP contribution in [0, 0.1) is 0 Å². The maximum Gasteiger partial charge on any atom is 0.411 e. The second-order valence-corrected chi connectivity index (χ2v) is 9.97. The first-order valence-electron chi connectivity index (χ1n) is 13.0. The Balaban J connectivity index is 1.13. The van der Waals surface area contributed by atoms with Crippen LogP contribution >= 0.6 is 0 Å². The number of nitrogen functional groups attached to an aromatic ring is 1. The van der Waals surface area contributed by atoms with E-state index >= 15 is 0 Å². The molecule has 2 heterocycles. The zero-order valence-electron chi connectivity index (χ0n) is 22.6. The summed E-state index contributed by atoms with van der Waals surface area (Å²) in [6, 6.07) is 15.4. The number of hydrogen-bond donors (Lipinski definition) is 3. The van der Waals surface area contributed by atoms with E-state index in [1.807, 2.05) is 48.5 Å². The predicted molar refractivity (Wildman–Crippen MR) is 144 cm³/mol. The van der Waals surface area contributed by atoms with Gasteiger partial charge in [-0.25, -0.2) is 9.59 Å². The number of nitrogens with zero attached hydrogens (tertiary/aromatic N) is 3. The number of rotatable bonds is 8. The number of amides is 2. The standard InChI is InChI=1S/C28H29F2N5O7/c1-15(34(2)27(39)42-22-18-9-5-3-7-16(18)17-8-4-6-10-19(17)22)24(37)32-14-40-13-20-23(36)28(29,30)25(41-20)35-12-11-21(31)33-26(35)38/h3-12,15,20,22-23,25,36H,13-14H2,1-2H3,(H,32,37)(H2,31,33,38)/t15-,20+,23+,25+/m0/s1. The molecule has 0 bridgehead atoms. The van der Waals surface area contributed by atoms with Crippen molar-refractivity contribution in [1.82, 2.24) is 19.8 Å². The summed E-state index contributed by atoms with van der Waals surface area (Å²) in [5.41, 5.74) is 7.94. The fourth-order valence-electron chi connectivity index (χ4n) is 4.91. The Morgan fingerprint density at radius 2 is 1.79 bits per heavy atom. The van der Waals surface area contributed by atoms with Gasteiger partial charge in [-0.3, -0.25) is 14.3 Å². The normalized spacial score (nSPS) is 21.3. The molecule has 0 spiro atoms. The van der Waals surface area contributed by atoms with Crippen molar-refractivity contribution in [3.05, 3.63) is 82.4 Å². The number of aliphatic hydroxyl groups excluding tert-OH is 1. The number of halogens is 2. The van der Waals surface area contributed by atoms with Gasteiger partial charge in [0.15, 0.2) is 12.2 Å². The first-order chi connectivity index (χ1) is 20.0. The van der Waals surface area contributed by atoms with Crippen LogP contribution in [0.3, 0.4) is 0 Å². The van der Waals surface area contributed by atoms with E-state index in [0.29, 0.717) is 4.57 Å². The van der Waals surface area contributed by atoms with Crippen LogP contribution < -0.4 is 16.7 Å². The number of nitrogens with one attached hydrogen (secondary N) is 1. The van der Waals surface area contributed by atoms with Gasteiger partial charge in [0.05, 0.1) is 6.61 Å². The second kappa shape index (κ2) is 11.5. The lowest BCUT2D eigenvalue weighted by Crippen LogP contribution is -2.47. The maximum atomic E-state index is 14.7. The molecule has 2 aromatic carbocycles. The van der Waals surface area contributed by atoms with Crippen molar-refractivity contribution in [2.75, 3.05) is 26.1 Å². The number of fused-ring (bicyclic) bond motifs is 3. The molecule has 0 saturated carbocycles. The lowest BCUT2D eigenvalue weighted by molar-refractivity contribution is -0.141. The van der Waals surface area contributed by atoms with Gasteiger partial charge in [0.2, 0.25) is 12.1 Å². The van der Waals surface area contributed by atoms with Crippen molar-refractivity contribution in [2.45, 2.75) is 43.4 Å². The van der Waals surface area contributed by atoms with Crippen molar-refractivity contribution in [2.24, 2.45) is 0 Å². The highest BCUT2D eigenvalue weighted by molar-refractivity contribution is 5.85. The molecule has 2 aliphatic rings. The SMILES string of the molecule is C[C@@H](C(=O)NCOC[C@H]1O[C@@H](n2ccc(N)nc2=O)C(F)(F)[C@@H]1O)N(C)C(=O)OC1c2ccccc2-c2ccccc21. The third-order valence-corrected chi connectivity index (χ3v) is 7.36. The molecule has 1 saturated heterocycles. The van der Waals surface area contributed by atoms with E-state index in [0.717, 1.165) is 39.4 Å². The summed E-state index contributed by atoms with van der Waals surface area (Å²) in [5, 5.41) is 12.5. The molecule has 5 rings (SSSR count). The zero-order valence-corrected chi connectivity index (χ0v) is 22.6. The van der Waals surface area contributed by atoms with E-state index < -0.39 is 67.5 Å². The van der Waals surface area contributed by atoms with Crippen molar-refractivity contribution >= 4 is 17.8 Å². The van der Waals surface area contributed by atoms with Crippen LogP contribution in [-0.2, 0) is 19.0 Å². The molecule has 14 heteroatoms. The molecular formula is C28H29F2N5O7. The van der Waals surface area contributed by atoms with Crippen LogP contribution in [0.4, 0.5) is 19.4 Å². The highest BCUT2D eigenvalue weighted by atomic mass is 19.3. The number of carbonyl (C=O) groups excluding carboxylic acids is 2. The van der Waals surface area contributed by atoms with Gasteiger partial charge in [-0.2, -0.15) is 13.8 Å². The average Bonchev–Trinajstić information content (AvgIpc) is 3.40. The van der Waals surface area contributed by atoms with Crippen LogP contribution in [0.5, 0.6) is 0 Å². The summed E-state index contributed by atoms with van der Waals surface area (Å²) in [5.74, 6) is -4.59. The molecular weight excluding hydrogens is 556 g/mol. The van der Waals surface area contributed by atoms with Crippen LogP contribution in [0.25, 0.3) is 11.1 Å². The van der Waals surface area contributed by atoms with E-state index in [2.05, 4.69) is 10.3 Å². The third kappa shape index (κ3) is 5.31. The molecule has 1 aliphatic carbocycles. The van der Waals surface area contributed by atoms with E-state index in [-0.39, 0.29) is 5.82 Å². The fourth-order valence-corrected chi connectivity index (χ4v) is 4.91. The van der Waals surface area contributed by atoms with Crippen LogP contribution in [0.15, 0.2) is 65.6 Å². The Labute approximate surface area is 238 Å². The smallest absolute Gasteiger partial charge is 0.411 e. The molecule has 1 aromatic heterocycles. The van der Waals surface area contributed by atoms with Crippen LogP contribution in [0.2, 0.25) is 0 Å². The zero-order chi connectivity index (χ0) is 30.2. The van der Waals surface area contributed by atoms with Gasteiger partial charge in [0.1, 0.15) is 24.7 Å². The summed E-state index contributed by atoms with van der Waals surface area (Å²) < 4.78 is 46.1. The van der Waals surface area contributed by atoms with Gasteiger partial charge in [0, 0.05) is 24.4 Å². The Morgan fingerprint density at radius 3 is 2.40 bits per heavy atom. The minimum atomic E-state index is -3.84. The molecule has 4 N–H and O–H groups in total. The largest absolute Gasteiger partial charge is 0.436 e. The van der Waals surface area contributed by atoms with Gasteiger partial charge >= 0.3 is 17.7 Å². The maximum absolute atomic E-state index is 14.7. The number of likely N-dealkylation sites (N-methyl/N-ethyl adjacent to an activating group) is 1. The highest BCUT2D eigenvalue weighted by Crippen LogP contribution is 2.45. The van der Waals surface area contributed by atoms with Gasteiger partial charge in [0.25, 0.3) is 0 Å². The first-order valence-corrected chi connectivity index (χ1v) is 13.0. The third-order valence-electron chi connectivity index (χ3n) is 7.36. The number of alkyl halides is 2. The van der Waals surface area contributed by atoms with Crippen LogP contribution in [0.1, 0.15) is 30.4 Å². The Hall–Kier alpha value is -4.40. The van der Waals surface area contributed by atoms with Crippen molar-refractivity contribution in [1.29, 1.82) is 0 Å². The summed E-state index contributed by atoms with van der Waals surface area (Å²) >= 11 is 0. The number of ether oxygens (including phenoxy) is 3. The van der Waals surface area contributed by atoms with E-state index in [9.17, 15) is 28.3 Å². The summed E-state index contributed by atoms with van der Waals surface area (Å²) in [7, 11) is 1.42. The number of aliphatic hydroxyl groups is 1. The highest BCUT2D eigenvalue weighted by Gasteiger charge is 2.59. The van der Waals surface area contributed by atoms with Gasteiger partial charge < -0.3 is 30.4 Å². The molecule has 222 valence electrons. The molecule has 42 heavy (non-hydrogen) atoms. The topological polar surface area (TPSA) is 158 Å². The van der Waals surface area contributed by atoms with Crippen molar-refractivity contribution in [3.63, 3.8) is 0 Å². The predicted octanol–water partition coefficient (Wildman–Crippen LogP) is 2.04. The molecule has 3 aromatic rings. The van der Waals surface area contributed by atoms with Gasteiger partial charge in [-0.05, 0) is 24.1 Å². The quantitative estimate of drug-likeness (QED) is 0.266. The van der Waals surface area contributed by atoms with Gasteiger partial charge in [-0.1, -0.05) is 48.5 Å². The van der Waals surface area contributed by atoms with Crippen molar-refractivity contribution in [3.8, 4) is 11.1 Å². The van der Waals surface area contributed by atoms with E-state index in [1.54, 1.807) is 0 Å². The molecule has 2 amide bonds. The van der Waals surface area contributed by atoms with Crippen molar-refractivity contribution < 1.29 is 37.7 Å². The molecule has 0 radical (unpaired) electrons. The number of aromatic nitrogens is 2. The number of benzene rings is 2. The second-order valence-electron chi connectivity index (χ2n) is 9.97. The summed E-state index contributed by atoms with van der Waals surface area (Å²) in [6.07, 6.45) is -6.31. The number of nitrogens with two attached hydrogens (primary N) is 1. The molecule has 4 atom stereocenters. The number of anilines is 1. The minimum absolute atomic E-state index is 0.156. The average molecular weight is 586 g/mol. The molecule has 0 unspecified atom stereocenters. The monoisotopic (exact) mass is 585 g/mol. The number of carbonyl (C=O) groups is 2.